The van der Waals surface area contributed by atoms with Gasteiger partial charge in [-0.1, -0.05) is 26.2 Å². The minimum absolute atomic E-state index is 0.0200. The van der Waals surface area contributed by atoms with Crippen molar-refractivity contribution in [3.05, 3.63) is 0 Å². The monoisotopic (exact) mass is 186 g/mol. The van der Waals surface area contributed by atoms with Crippen LogP contribution in [0.1, 0.15) is 52.9 Å². The van der Waals surface area contributed by atoms with E-state index < -0.39 is 0 Å². The second-order valence-corrected chi connectivity index (χ2v) is 4.71. The van der Waals surface area contributed by atoms with Crippen molar-refractivity contribution in [1.29, 1.82) is 0 Å². The summed E-state index contributed by atoms with van der Waals surface area (Å²) in [5, 5.41) is 0. The molecule has 0 aromatic heterocycles. The van der Waals surface area contributed by atoms with Crippen LogP contribution in [0.4, 0.5) is 0 Å². The van der Waals surface area contributed by atoms with Crippen LogP contribution in [0.15, 0.2) is 0 Å². The van der Waals surface area contributed by atoms with Crippen LogP contribution < -0.4 is 11.5 Å². The number of hydrogen-bond donors (Lipinski definition) is 2. The molecule has 2 nitrogen and oxygen atoms in total. The van der Waals surface area contributed by atoms with Crippen LogP contribution >= 0.6 is 0 Å². The van der Waals surface area contributed by atoms with Crippen molar-refractivity contribution in [1.82, 2.24) is 0 Å². The molecule has 4 N–H and O–H groups in total. The van der Waals surface area contributed by atoms with Crippen molar-refractivity contribution in [2.24, 2.45) is 17.4 Å². The maximum atomic E-state index is 6.00. The molecule has 2 heteroatoms. The third-order valence-corrected chi connectivity index (χ3v) is 2.86. The lowest BCUT2D eigenvalue weighted by molar-refractivity contribution is 0.316. The molecule has 0 rings (SSSR count). The van der Waals surface area contributed by atoms with Crippen molar-refractivity contribution in [2.45, 2.75) is 58.4 Å². The molecule has 0 fully saturated rings. The quantitative estimate of drug-likeness (QED) is 0.599. The Balaban J connectivity index is 3.32. The molecule has 0 aliphatic heterocycles. The van der Waals surface area contributed by atoms with E-state index in [0.717, 1.165) is 6.54 Å². The topological polar surface area (TPSA) is 52.0 Å². The van der Waals surface area contributed by atoms with E-state index in [0.29, 0.717) is 5.92 Å². The van der Waals surface area contributed by atoms with Gasteiger partial charge >= 0.3 is 0 Å². The predicted octanol–water partition coefficient (Wildman–Crippen LogP) is 2.27. The third-order valence-electron chi connectivity index (χ3n) is 2.86. The summed E-state index contributed by atoms with van der Waals surface area (Å²) in [7, 11) is 0. The van der Waals surface area contributed by atoms with Gasteiger partial charge in [0, 0.05) is 5.54 Å². The van der Waals surface area contributed by atoms with Crippen LogP contribution in [-0.4, -0.2) is 12.1 Å². The summed E-state index contributed by atoms with van der Waals surface area (Å²) in [5.74, 6) is 0.616. The van der Waals surface area contributed by atoms with E-state index >= 15 is 0 Å². The molecule has 0 aromatic rings. The number of hydrogen-bond acceptors (Lipinski definition) is 2. The summed E-state index contributed by atoms with van der Waals surface area (Å²) in [5.41, 5.74) is 11.4. The van der Waals surface area contributed by atoms with Gasteiger partial charge in [-0.05, 0) is 39.2 Å². The second-order valence-electron chi connectivity index (χ2n) is 4.71. The highest BCUT2D eigenvalue weighted by Crippen LogP contribution is 2.19. The minimum atomic E-state index is -0.0200. The van der Waals surface area contributed by atoms with Crippen LogP contribution in [0, 0.1) is 5.92 Å². The Bertz CT molecular complexity index is 116. The highest BCUT2D eigenvalue weighted by molar-refractivity contribution is 4.78. The van der Waals surface area contributed by atoms with Gasteiger partial charge in [0.05, 0.1) is 0 Å². The van der Waals surface area contributed by atoms with Crippen LogP contribution in [0.3, 0.4) is 0 Å². The van der Waals surface area contributed by atoms with Gasteiger partial charge in [0.25, 0.3) is 0 Å². The van der Waals surface area contributed by atoms with Crippen molar-refractivity contribution in [2.75, 3.05) is 6.54 Å². The lowest BCUT2D eigenvalue weighted by Gasteiger charge is -2.27. The zero-order valence-electron chi connectivity index (χ0n) is 9.47. The van der Waals surface area contributed by atoms with Crippen molar-refractivity contribution in [3.63, 3.8) is 0 Å². The Labute approximate surface area is 83.1 Å². The van der Waals surface area contributed by atoms with Crippen molar-refractivity contribution < 1.29 is 0 Å². The molecule has 0 saturated carbocycles. The van der Waals surface area contributed by atoms with Gasteiger partial charge in [-0.15, -0.1) is 0 Å². The smallest absolute Gasteiger partial charge is 0.0123 e. The molecule has 0 spiro atoms. The molecule has 0 aliphatic rings. The van der Waals surface area contributed by atoms with Crippen LogP contribution in [0.2, 0.25) is 0 Å². The summed E-state index contributed by atoms with van der Waals surface area (Å²) < 4.78 is 0. The second kappa shape index (κ2) is 6.39. The molecule has 0 heterocycles. The van der Waals surface area contributed by atoms with Crippen LogP contribution in [0.25, 0.3) is 0 Å². The van der Waals surface area contributed by atoms with Gasteiger partial charge in [-0.3, -0.25) is 0 Å². The summed E-state index contributed by atoms with van der Waals surface area (Å²) in [4.78, 5) is 0. The van der Waals surface area contributed by atoms with E-state index in [9.17, 15) is 0 Å². The molecule has 13 heavy (non-hydrogen) atoms. The van der Waals surface area contributed by atoms with E-state index in [1.807, 2.05) is 0 Å². The van der Waals surface area contributed by atoms with Gasteiger partial charge < -0.3 is 11.5 Å². The highest BCUT2D eigenvalue weighted by Gasteiger charge is 2.19. The normalized spacial score (nSPS) is 14.5. The van der Waals surface area contributed by atoms with Crippen LogP contribution in [-0.2, 0) is 0 Å². The Kier molecular flexibility index (Phi) is 6.35. The number of nitrogens with two attached hydrogens (primary N) is 2. The molecule has 80 valence electrons. The fraction of sp³-hybridized carbons (Fsp3) is 1.00. The molecule has 0 amide bonds. The average Bonchev–Trinajstić information content (AvgIpc) is 2.02. The Morgan fingerprint density at radius 2 is 1.62 bits per heavy atom. The first-order valence-electron chi connectivity index (χ1n) is 5.47. The van der Waals surface area contributed by atoms with Gasteiger partial charge in [0.15, 0.2) is 0 Å². The molecule has 0 radical (unpaired) electrons. The fourth-order valence-corrected chi connectivity index (χ4v) is 1.32. The lowest BCUT2D eigenvalue weighted by atomic mass is 9.86. The molecular weight excluding hydrogens is 160 g/mol. The molecule has 0 bridgehead atoms. The van der Waals surface area contributed by atoms with E-state index in [1.165, 1.54) is 32.1 Å². The first-order valence-corrected chi connectivity index (χ1v) is 5.47. The van der Waals surface area contributed by atoms with Gasteiger partial charge in [0.2, 0.25) is 0 Å². The lowest BCUT2D eigenvalue weighted by Crippen LogP contribution is -2.39. The molecule has 1 unspecified atom stereocenters. The largest absolute Gasteiger partial charge is 0.330 e. The van der Waals surface area contributed by atoms with Gasteiger partial charge in [-0.25, -0.2) is 0 Å². The van der Waals surface area contributed by atoms with E-state index in [2.05, 4.69) is 20.8 Å². The van der Waals surface area contributed by atoms with Gasteiger partial charge in [-0.2, -0.15) is 0 Å². The van der Waals surface area contributed by atoms with E-state index in [1.54, 1.807) is 0 Å². The summed E-state index contributed by atoms with van der Waals surface area (Å²) in [6, 6.07) is 0. The first-order chi connectivity index (χ1) is 5.98. The Hall–Kier alpha value is -0.0800. The molecular formula is C11H26N2. The summed E-state index contributed by atoms with van der Waals surface area (Å²) >= 11 is 0. The zero-order chi connectivity index (χ0) is 10.3. The third kappa shape index (κ3) is 7.03. The van der Waals surface area contributed by atoms with Crippen molar-refractivity contribution in [3.8, 4) is 0 Å². The predicted molar refractivity (Wildman–Crippen MR) is 59.6 cm³/mol. The Morgan fingerprint density at radius 1 is 1.08 bits per heavy atom. The molecule has 0 aliphatic carbocycles. The standard InChI is InChI=1S/C11H26N2/c1-10(11(2,3)13)8-6-4-5-7-9-12/h10H,4-9,12-13H2,1-3H3. The maximum absolute atomic E-state index is 6.00. The highest BCUT2D eigenvalue weighted by atomic mass is 14.7. The average molecular weight is 186 g/mol. The summed E-state index contributed by atoms with van der Waals surface area (Å²) in [6.45, 7) is 7.29. The number of rotatable bonds is 7. The molecule has 0 aromatic carbocycles. The molecule has 1 atom stereocenters. The van der Waals surface area contributed by atoms with E-state index in [-0.39, 0.29) is 5.54 Å². The van der Waals surface area contributed by atoms with E-state index in [4.69, 9.17) is 11.5 Å². The zero-order valence-corrected chi connectivity index (χ0v) is 9.47. The number of unbranched alkanes of at least 4 members (excludes halogenated alkanes) is 3. The fourth-order valence-electron chi connectivity index (χ4n) is 1.32. The first kappa shape index (κ1) is 12.9. The maximum Gasteiger partial charge on any atom is 0.0123 e. The van der Waals surface area contributed by atoms with Gasteiger partial charge in [0.1, 0.15) is 0 Å². The SMILES string of the molecule is CC(CCCCCCN)C(C)(C)N. The van der Waals surface area contributed by atoms with Crippen LogP contribution in [0.5, 0.6) is 0 Å². The van der Waals surface area contributed by atoms with Crippen molar-refractivity contribution >= 4 is 0 Å². The Morgan fingerprint density at radius 3 is 2.08 bits per heavy atom. The minimum Gasteiger partial charge on any atom is -0.330 e. The summed E-state index contributed by atoms with van der Waals surface area (Å²) in [6.07, 6.45) is 6.28. The molecule has 0 saturated heterocycles.